The summed E-state index contributed by atoms with van der Waals surface area (Å²) in [4.78, 5) is 11.8. The zero-order valence-corrected chi connectivity index (χ0v) is 11.8. The van der Waals surface area contributed by atoms with Crippen LogP contribution in [-0.2, 0) is 14.8 Å². The predicted octanol–water partition coefficient (Wildman–Crippen LogP) is 0.836. The molecular weight excluding hydrogens is 301 g/mol. The molecule has 0 aliphatic rings. The van der Waals surface area contributed by atoms with Gasteiger partial charge in [0.25, 0.3) is 10.0 Å². The van der Waals surface area contributed by atoms with Gasteiger partial charge in [-0.15, -0.1) is 0 Å². The van der Waals surface area contributed by atoms with Gasteiger partial charge in [0.2, 0.25) is 0 Å². The number of sulfonamides is 1. The molecule has 1 aromatic heterocycles. The molecule has 21 heavy (non-hydrogen) atoms. The van der Waals surface area contributed by atoms with E-state index in [4.69, 9.17) is 9.88 Å². The third-order valence-electron chi connectivity index (χ3n) is 2.57. The van der Waals surface area contributed by atoms with E-state index in [1.165, 1.54) is 18.2 Å². The molecule has 0 saturated heterocycles. The van der Waals surface area contributed by atoms with Gasteiger partial charge in [-0.25, -0.2) is 27.4 Å². The number of rotatable bonds is 4. The SMILES string of the molecule is CCOC(=O)c1cnn(-c2ccccc2F)c1S(N)(=O)=O. The monoisotopic (exact) mass is 313 g/mol. The Balaban J connectivity index is 2.70. The van der Waals surface area contributed by atoms with E-state index >= 15 is 0 Å². The number of ether oxygens (including phenoxy) is 1. The maximum atomic E-state index is 13.8. The molecule has 0 aliphatic heterocycles. The molecule has 1 aromatic carbocycles. The van der Waals surface area contributed by atoms with Gasteiger partial charge in [0, 0.05) is 0 Å². The van der Waals surface area contributed by atoms with Crippen molar-refractivity contribution in [2.75, 3.05) is 6.61 Å². The average Bonchev–Trinajstić information content (AvgIpc) is 2.84. The van der Waals surface area contributed by atoms with E-state index in [-0.39, 0.29) is 17.9 Å². The Morgan fingerprint density at radius 2 is 2.10 bits per heavy atom. The molecule has 0 bridgehead atoms. The van der Waals surface area contributed by atoms with E-state index in [9.17, 15) is 17.6 Å². The lowest BCUT2D eigenvalue weighted by atomic mass is 10.3. The molecule has 0 amide bonds. The lowest BCUT2D eigenvalue weighted by Crippen LogP contribution is -2.21. The summed E-state index contributed by atoms with van der Waals surface area (Å²) in [6.07, 6.45) is 0.976. The molecule has 2 aromatic rings. The number of nitrogens with two attached hydrogens (primary N) is 1. The van der Waals surface area contributed by atoms with E-state index in [2.05, 4.69) is 5.10 Å². The van der Waals surface area contributed by atoms with Crippen LogP contribution in [0.1, 0.15) is 17.3 Å². The minimum atomic E-state index is -4.32. The maximum absolute atomic E-state index is 13.8. The van der Waals surface area contributed by atoms with Crippen molar-refractivity contribution in [2.45, 2.75) is 11.9 Å². The van der Waals surface area contributed by atoms with Crippen LogP contribution in [0, 0.1) is 5.82 Å². The first-order chi connectivity index (χ1) is 9.86. The standard InChI is InChI=1S/C12H12FN3O4S/c1-2-20-12(17)8-7-15-16(11(8)21(14,18)19)10-6-4-3-5-9(10)13/h3-7H,2H2,1H3,(H2,14,18,19). The molecule has 0 saturated carbocycles. The van der Waals surface area contributed by atoms with Crippen molar-refractivity contribution >= 4 is 16.0 Å². The second-order valence-electron chi connectivity index (χ2n) is 3.99. The summed E-state index contributed by atoms with van der Waals surface area (Å²) >= 11 is 0. The van der Waals surface area contributed by atoms with Crippen LogP contribution in [0.2, 0.25) is 0 Å². The van der Waals surface area contributed by atoms with Gasteiger partial charge in [0.15, 0.2) is 5.03 Å². The fourth-order valence-electron chi connectivity index (χ4n) is 1.75. The first-order valence-corrected chi connectivity index (χ1v) is 7.43. The number of hydrogen-bond acceptors (Lipinski definition) is 5. The van der Waals surface area contributed by atoms with Gasteiger partial charge in [-0.05, 0) is 19.1 Å². The predicted molar refractivity (Wildman–Crippen MR) is 70.9 cm³/mol. The summed E-state index contributed by atoms with van der Waals surface area (Å²) in [5, 5.41) is 8.22. The second kappa shape index (κ2) is 5.62. The second-order valence-corrected chi connectivity index (χ2v) is 5.47. The van der Waals surface area contributed by atoms with Crippen LogP contribution >= 0.6 is 0 Å². The van der Waals surface area contributed by atoms with Crippen molar-refractivity contribution < 1.29 is 22.3 Å². The summed E-state index contributed by atoms with van der Waals surface area (Å²) in [6.45, 7) is 1.61. The first-order valence-electron chi connectivity index (χ1n) is 5.89. The minimum absolute atomic E-state index is 0.0494. The van der Waals surface area contributed by atoms with Crippen LogP contribution in [0.15, 0.2) is 35.5 Å². The largest absolute Gasteiger partial charge is 0.462 e. The van der Waals surface area contributed by atoms with Crippen molar-refractivity contribution in [1.29, 1.82) is 0 Å². The number of benzene rings is 1. The lowest BCUT2D eigenvalue weighted by molar-refractivity contribution is 0.0521. The van der Waals surface area contributed by atoms with E-state index in [1.54, 1.807) is 6.92 Å². The van der Waals surface area contributed by atoms with Crippen molar-refractivity contribution in [2.24, 2.45) is 5.14 Å². The summed E-state index contributed by atoms with van der Waals surface area (Å²) < 4.78 is 42.7. The van der Waals surface area contributed by atoms with Crippen LogP contribution in [0.3, 0.4) is 0 Å². The van der Waals surface area contributed by atoms with Crippen LogP contribution in [0.5, 0.6) is 0 Å². The molecule has 0 unspecified atom stereocenters. The Bertz CT molecular complexity index is 786. The molecule has 0 fully saturated rings. The van der Waals surface area contributed by atoms with Crippen LogP contribution in [0.4, 0.5) is 4.39 Å². The van der Waals surface area contributed by atoms with Crippen LogP contribution < -0.4 is 5.14 Å². The molecule has 112 valence electrons. The molecular formula is C12H12FN3O4S. The number of primary sulfonamides is 1. The van der Waals surface area contributed by atoms with E-state index in [0.29, 0.717) is 0 Å². The molecule has 1 heterocycles. The van der Waals surface area contributed by atoms with Gasteiger partial charge < -0.3 is 4.74 Å². The highest BCUT2D eigenvalue weighted by Gasteiger charge is 2.28. The Hall–Kier alpha value is -2.26. The Labute approximate surface area is 120 Å². The summed E-state index contributed by atoms with van der Waals surface area (Å²) in [5.41, 5.74) is -0.486. The number of aromatic nitrogens is 2. The van der Waals surface area contributed by atoms with Gasteiger partial charge >= 0.3 is 5.97 Å². The molecule has 0 atom stereocenters. The van der Waals surface area contributed by atoms with Crippen molar-refractivity contribution in [3.63, 3.8) is 0 Å². The molecule has 0 radical (unpaired) electrons. The third kappa shape index (κ3) is 2.93. The molecule has 0 aliphatic carbocycles. The molecule has 0 spiro atoms. The normalized spacial score (nSPS) is 11.4. The van der Waals surface area contributed by atoms with Crippen molar-refractivity contribution in [1.82, 2.24) is 9.78 Å². The number of carbonyl (C=O) groups excluding carboxylic acids is 1. The molecule has 7 nitrogen and oxygen atoms in total. The highest BCUT2D eigenvalue weighted by atomic mass is 32.2. The van der Waals surface area contributed by atoms with Gasteiger partial charge in [0.1, 0.15) is 17.1 Å². The third-order valence-corrected chi connectivity index (χ3v) is 3.50. The van der Waals surface area contributed by atoms with Gasteiger partial charge in [0.05, 0.1) is 12.8 Å². The molecule has 9 heteroatoms. The highest BCUT2D eigenvalue weighted by Crippen LogP contribution is 2.21. The van der Waals surface area contributed by atoms with E-state index < -0.39 is 26.8 Å². The molecule has 2 N–H and O–H groups in total. The maximum Gasteiger partial charge on any atom is 0.342 e. The first kappa shape index (κ1) is 15.1. The fraction of sp³-hybridized carbons (Fsp3) is 0.167. The van der Waals surface area contributed by atoms with Crippen molar-refractivity contribution in [3.8, 4) is 5.69 Å². The number of nitrogens with zero attached hydrogens (tertiary/aromatic N) is 2. The molecule has 2 rings (SSSR count). The number of carbonyl (C=O) groups is 1. The average molecular weight is 313 g/mol. The topological polar surface area (TPSA) is 104 Å². The number of hydrogen-bond donors (Lipinski definition) is 1. The summed E-state index contributed by atoms with van der Waals surface area (Å²) in [7, 11) is -4.32. The van der Waals surface area contributed by atoms with Crippen molar-refractivity contribution in [3.05, 3.63) is 41.8 Å². The Kier molecular flexibility index (Phi) is 4.05. The number of esters is 1. The highest BCUT2D eigenvalue weighted by molar-refractivity contribution is 7.89. The van der Waals surface area contributed by atoms with Crippen LogP contribution in [0.25, 0.3) is 5.69 Å². The zero-order valence-electron chi connectivity index (χ0n) is 11.0. The van der Waals surface area contributed by atoms with E-state index in [0.717, 1.165) is 16.9 Å². The lowest BCUT2D eigenvalue weighted by Gasteiger charge is -2.08. The summed E-state index contributed by atoms with van der Waals surface area (Å²) in [6, 6.07) is 5.38. The van der Waals surface area contributed by atoms with E-state index in [1.807, 2.05) is 0 Å². The van der Waals surface area contributed by atoms with Gasteiger partial charge in [-0.3, -0.25) is 0 Å². The quantitative estimate of drug-likeness (QED) is 0.842. The fourth-order valence-corrected chi connectivity index (χ4v) is 2.58. The smallest absolute Gasteiger partial charge is 0.342 e. The van der Waals surface area contributed by atoms with Gasteiger partial charge in [-0.2, -0.15) is 5.10 Å². The summed E-state index contributed by atoms with van der Waals surface area (Å²) in [5.74, 6) is -1.61. The Morgan fingerprint density at radius 3 is 2.67 bits per heavy atom. The van der Waals surface area contributed by atoms with Gasteiger partial charge in [-0.1, -0.05) is 12.1 Å². The van der Waals surface area contributed by atoms with Crippen LogP contribution in [-0.4, -0.2) is 30.8 Å². The number of para-hydroxylation sites is 1. The minimum Gasteiger partial charge on any atom is -0.462 e. The zero-order chi connectivity index (χ0) is 15.6. The Morgan fingerprint density at radius 1 is 1.43 bits per heavy atom. The number of halogens is 1.